The molecule has 3 radical (unpaired) electrons. The zero-order valence-electron chi connectivity index (χ0n) is 3.45. The van der Waals surface area contributed by atoms with Gasteiger partial charge in [0, 0.05) is 24.4 Å². The number of hydrogen-bond acceptors (Lipinski definition) is 0. The molecule has 0 spiro atoms. The van der Waals surface area contributed by atoms with Gasteiger partial charge in [-0.05, 0) is 0 Å². The van der Waals surface area contributed by atoms with Gasteiger partial charge in [0.05, 0.1) is 0 Å². The molecule has 0 atom stereocenters. The van der Waals surface area contributed by atoms with Gasteiger partial charge >= 0.3 is 175 Å². The molecule has 0 heterocycles. The molecule has 5 valence electrons. The van der Waals surface area contributed by atoms with Gasteiger partial charge in [-0.2, -0.15) is 0 Å². The predicted molar refractivity (Wildman–Crippen MR) is 5.75 cm³/mol. The molecule has 0 aliphatic carbocycles. The monoisotopic (exact) mass is 376 g/mol. The van der Waals surface area contributed by atoms with Crippen LogP contribution in [-0.2, 0) is 0 Å². The van der Waals surface area contributed by atoms with E-state index in [0.29, 0.717) is 0 Å². The molecule has 0 unspecified atom stereocenters. The number of rotatable bonds is 0. The fourth-order valence-electron chi connectivity index (χ4n) is 0. The maximum atomic E-state index is 0. The standard InChI is InChI=1S/3Rb.Sb/q3*+1;. The second kappa shape index (κ2) is 16.1. The third-order valence-electron chi connectivity index (χ3n) is 0. The van der Waals surface area contributed by atoms with Crippen LogP contribution >= 0.6 is 0 Å². The van der Waals surface area contributed by atoms with Crippen molar-refractivity contribution in [2.24, 2.45) is 0 Å². The first-order chi connectivity index (χ1) is 0. The third kappa shape index (κ3) is 11.1. The average Bonchev–Trinajstić information content (AvgIpc) is 0. The van der Waals surface area contributed by atoms with Crippen molar-refractivity contribution in [1.82, 2.24) is 0 Å². The number of hydrogen-bond donors (Lipinski definition) is 0. The second-order valence-electron chi connectivity index (χ2n) is 0. The molecule has 0 saturated carbocycles. The minimum atomic E-state index is 0. The maximum absolute atomic E-state index is 0. The van der Waals surface area contributed by atoms with Gasteiger partial charge in [0.1, 0.15) is 0 Å². The van der Waals surface area contributed by atoms with E-state index in [0.717, 1.165) is 0 Å². The van der Waals surface area contributed by atoms with E-state index in [-0.39, 0.29) is 199 Å². The van der Waals surface area contributed by atoms with Crippen LogP contribution in [0.1, 0.15) is 0 Å². The topological polar surface area (TPSA) is 0 Å². The van der Waals surface area contributed by atoms with E-state index >= 15 is 0 Å². The van der Waals surface area contributed by atoms with E-state index in [1.807, 2.05) is 0 Å². The Balaban J connectivity index is 0. The van der Waals surface area contributed by atoms with Crippen LogP contribution in [0.5, 0.6) is 0 Å². The molecule has 0 nitrogen and oxygen atoms in total. The van der Waals surface area contributed by atoms with Crippen LogP contribution in [0.4, 0.5) is 0 Å². The SMILES string of the molecule is [Rb+].[Rb+].[Rb+].[Sb]. The second-order valence-corrected chi connectivity index (χ2v) is 0. The van der Waals surface area contributed by atoms with Gasteiger partial charge in [0.15, 0.2) is 0 Å². The van der Waals surface area contributed by atoms with Crippen molar-refractivity contribution in [1.29, 1.82) is 0 Å². The molecular weight excluding hydrogens is 378 g/mol. The molecule has 0 amide bonds. The van der Waals surface area contributed by atoms with Crippen molar-refractivity contribution >= 4 is 24.4 Å². The van der Waals surface area contributed by atoms with Gasteiger partial charge in [-0.25, -0.2) is 0 Å². The van der Waals surface area contributed by atoms with Gasteiger partial charge in [0.2, 0.25) is 0 Å². The first-order valence-corrected chi connectivity index (χ1v) is 0. The summed E-state index contributed by atoms with van der Waals surface area (Å²) in [5, 5.41) is 0. The van der Waals surface area contributed by atoms with Crippen LogP contribution in [-0.4, -0.2) is 24.4 Å². The molecule has 4 heavy (non-hydrogen) atoms. The molecule has 0 aromatic carbocycles. The Kier molecular flexibility index (Phi) is 90.4. The Morgan fingerprint density at radius 3 is 0.500 bits per heavy atom. The molecule has 0 saturated heterocycles. The van der Waals surface area contributed by atoms with E-state index in [9.17, 15) is 0 Å². The summed E-state index contributed by atoms with van der Waals surface area (Å²) >= 11 is 0. The zero-order valence-corrected chi connectivity index (χ0v) is 20.7. The molecule has 0 aromatic rings. The van der Waals surface area contributed by atoms with Crippen molar-refractivity contribution in [3.63, 3.8) is 0 Å². The Morgan fingerprint density at radius 2 is 0.500 bits per heavy atom. The molecular formula is Rb3Sb+3. The molecule has 0 N–H and O–H groups in total. The van der Waals surface area contributed by atoms with Crippen LogP contribution < -0.4 is 175 Å². The molecule has 0 fully saturated rings. The van der Waals surface area contributed by atoms with E-state index in [4.69, 9.17) is 0 Å². The fraction of sp³-hybridized carbons (Fsp3) is 0. The van der Waals surface area contributed by atoms with Crippen molar-refractivity contribution in [3.05, 3.63) is 0 Å². The first kappa shape index (κ1) is 22.5. The Bertz CT molecular complexity index is 3.25. The summed E-state index contributed by atoms with van der Waals surface area (Å²) in [4.78, 5) is 0. The van der Waals surface area contributed by atoms with Crippen LogP contribution in [0, 0.1) is 0 Å². The van der Waals surface area contributed by atoms with E-state index in [2.05, 4.69) is 0 Å². The molecule has 0 aliphatic heterocycles. The summed E-state index contributed by atoms with van der Waals surface area (Å²) in [5.41, 5.74) is 0. The molecule has 4 heteroatoms. The van der Waals surface area contributed by atoms with Crippen LogP contribution in [0.2, 0.25) is 0 Å². The Hall–Kier alpha value is 6.23. The molecule has 0 rings (SSSR count). The van der Waals surface area contributed by atoms with Gasteiger partial charge in [-0.3, -0.25) is 0 Å². The van der Waals surface area contributed by atoms with Crippen molar-refractivity contribution in [2.45, 2.75) is 0 Å². The summed E-state index contributed by atoms with van der Waals surface area (Å²) < 4.78 is 0. The fourth-order valence-corrected chi connectivity index (χ4v) is 0. The first-order valence-electron chi connectivity index (χ1n) is 0. The van der Waals surface area contributed by atoms with Crippen LogP contribution in [0.3, 0.4) is 0 Å². The Labute approximate surface area is 191 Å². The van der Waals surface area contributed by atoms with Crippen LogP contribution in [0.25, 0.3) is 0 Å². The Morgan fingerprint density at radius 1 is 0.500 bits per heavy atom. The predicted octanol–water partition coefficient (Wildman–Crippen LogP) is -9.37. The van der Waals surface area contributed by atoms with Gasteiger partial charge < -0.3 is 0 Å². The minimum absolute atomic E-state index is 0. The largest absolute Gasteiger partial charge is 1.00 e. The van der Waals surface area contributed by atoms with E-state index in [1.54, 1.807) is 0 Å². The summed E-state index contributed by atoms with van der Waals surface area (Å²) in [6, 6.07) is 0. The summed E-state index contributed by atoms with van der Waals surface area (Å²) in [6.45, 7) is 0. The maximum Gasteiger partial charge on any atom is 1.00 e. The summed E-state index contributed by atoms with van der Waals surface area (Å²) in [7, 11) is 0. The summed E-state index contributed by atoms with van der Waals surface area (Å²) in [5.74, 6) is 0. The third-order valence-corrected chi connectivity index (χ3v) is 0. The van der Waals surface area contributed by atoms with Gasteiger partial charge in [-0.15, -0.1) is 0 Å². The van der Waals surface area contributed by atoms with E-state index in [1.165, 1.54) is 0 Å². The van der Waals surface area contributed by atoms with Crippen molar-refractivity contribution in [2.75, 3.05) is 0 Å². The van der Waals surface area contributed by atoms with Gasteiger partial charge in [0.25, 0.3) is 0 Å². The van der Waals surface area contributed by atoms with Crippen molar-refractivity contribution < 1.29 is 175 Å². The average molecular weight is 378 g/mol. The normalized spacial score (nSPS) is 0. The van der Waals surface area contributed by atoms with Crippen molar-refractivity contribution in [3.8, 4) is 0 Å². The summed E-state index contributed by atoms with van der Waals surface area (Å²) in [6.07, 6.45) is 0. The van der Waals surface area contributed by atoms with Crippen LogP contribution in [0.15, 0.2) is 0 Å². The minimum Gasteiger partial charge on any atom is 0 e. The smallest absolute Gasteiger partial charge is 0 e. The molecule has 0 aliphatic rings. The molecule has 0 aromatic heterocycles. The quantitative estimate of drug-likeness (QED) is 0.368. The van der Waals surface area contributed by atoms with E-state index < -0.39 is 0 Å². The van der Waals surface area contributed by atoms with Gasteiger partial charge in [-0.1, -0.05) is 0 Å². The molecule has 0 bridgehead atoms. The zero-order chi connectivity index (χ0) is 0.